The highest BCUT2D eigenvalue weighted by Gasteiger charge is 2.25. The number of unbranched alkanes of at least 4 members (excludes halogenated alkanes) is 3. The van der Waals surface area contributed by atoms with Crippen LogP contribution >= 0.6 is 7.82 Å². The van der Waals surface area contributed by atoms with Crippen LogP contribution in [-0.4, -0.2) is 60.5 Å². The topological polar surface area (TPSA) is 155 Å². The van der Waals surface area contributed by atoms with E-state index in [0.717, 1.165) is 44.9 Å². The lowest BCUT2D eigenvalue weighted by Gasteiger charge is -2.19. The van der Waals surface area contributed by atoms with E-state index >= 15 is 0 Å². The average Bonchev–Trinajstić information content (AvgIpc) is 3.23. The van der Waals surface area contributed by atoms with Gasteiger partial charge in [-0.05, 0) is 83.5 Å². The Morgan fingerprint density at radius 3 is 1.65 bits per heavy atom. The largest absolute Gasteiger partial charge is 0.472 e. The maximum atomic E-state index is 12.6. The number of allylic oxidation sites excluding steroid dienone is 20. The molecule has 0 amide bonds. The van der Waals surface area contributed by atoms with E-state index in [9.17, 15) is 24.2 Å². The summed E-state index contributed by atoms with van der Waals surface area (Å²) in [5.74, 6) is -1.07. The lowest BCUT2D eigenvalue weighted by Crippen LogP contribution is -2.29. The molecule has 3 atom stereocenters. The maximum absolute atomic E-state index is 12.6. The first kappa shape index (κ1) is 56.1. The Kier molecular flexibility index (Phi) is 40.4. The molecule has 0 aliphatic heterocycles. The second kappa shape index (κ2) is 43.2. The summed E-state index contributed by atoms with van der Waals surface area (Å²) in [5.41, 5.74) is 5.33. The third-order valence-corrected chi connectivity index (χ3v) is 9.11. The summed E-state index contributed by atoms with van der Waals surface area (Å²) >= 11 is 0. The molecule has 0 saturated carbocycles. The van der Waals surface area contributed by atoms with Gasteiger partial charge in [-0.15, -0.1) is 0 Å². The number of carbonyl (C=O) groups excluding carboxylic acids is 2. The zero-order chi connectivity index (χ0) is 44.0. The van der Waals surface area contributed by atoms with Gasteiger partial charge >= 0.3 is 19.8 Å². The molecule has 0 radical (unpaired) electrons. The summed E-state index contributed by atoms with van der Waals surface area (Å²) < 4.78 is 32.6. The maximum Gasteiger partial charge on any atom is 0.472 e. The van der Waals surface area contributed by atoms with Crippen LogP contribution in [0.25, 0.3) is 0 Å². The van der Waals surface area contributed by atoms with Crippen molar-refractivity contribution in [1.82, 2.24) is 0 Å². The molecule has 0 fully saturated rings. The summed E-state index contributed by atoms with van der Waals surface area (Å²) in [7, 11) is -4.44. The molecule has 336 valence electrons. The van der Waals surface area contributed by atoms with Gasteiger partial charge in [0.1, 0.15) is 6.61 Å². The third-order valence-electron chi connectivity index (χ3n) is 8.13. The predicted molar refractivity (Wildman–Crippen MR) is 248 cm³/mol. The summed E-state index contributed by atoms with van der Waals surface area (Å²) in [5, 5.41) is 9.99. The van der Waals surface area contributed by atoms with Gasteiger partial charge in [-0.1, -0.05) is 160 Å². The molecule has 2 unspecified atom stereocenters. The van der Waals surface area contributed by atoms with Crippen LogP contribution in [0.3, 0.4) is 0 Å². The Morgan fingerprint density at radius 2 is 1.10 bits per heavy atom. The van der Waals surface area contributed by atoms with Crippen LogP contribution < -0.4 is 5.73 Å². The Balaban J connectivity index is 4.49. The summed E-state index contributed by atoms with van der Waals surface area (Å²) in [4.78, 5) is 34.8. The highest BCUT2D eigenvalue weighted by Crippen LogP contribution is 2.43. The lowest BCUT2D eigenvalue weighted by molar-refractivity contribution is -0.161. The highest BCUT2D eigenvalue weighted by molar-refractivity contribution is 7.47. The molecule has 0 aromatic heterocycles. The molecule has 0 aromatic rings. The molecule has 10 nitrogen and oxygen atoms in total. The van der Waals surface area contributed by atoms with Crippen LogP contribution in [-0.2, 0) is 32.7 Å². The number of phosphoric acid groups is 1. The first-order valence-corrected chi connectivity index (χ1v) is 23.3. The normalized spacial score (nSPS) is 15.1. The monoisotopic (exact) mass is 854 g/mol. The van der Waals surface area contributed by atoms with E-state index in [1.165, 1.54) is 25.7 Å². The Bertz CT molecular complexity index is 1450. The molecule has 0 spiro atoms. The van der Waals surface area contributed by atoms with Crippen LogP contribution in [0.5, 0.6) is 0 Å². The fourth-order valence-electron chi connectivity index (χ4n) is 4.90. The number of hydrogen-bond acceptors (Lipinski definition) is 9. The number of aliphatic hydroxyl groups excluding tert-OH is 1. The van der Waals surface area contributed by atoms with Gasteiger partial charge in [0, 0.05) is 19.4 Å². The van der Waals surface area contributed by atoms with Crippen molar-refractivity contribution in [2.24, 2.45) is 5.73 Å². The quantitative estimate of drug-likeness (QED) is 0.0180. The second-order valence-electron chi connectivity index (χ2n) is 13.7. The van der Waals surface area contributed by atoms with Crippen molar-refractivity contribution in [3.05, 3.63) is 134 Å². The summed E-state index contributed by atoms with van der Waals surface area (Å²) in [6, 6.07) is 0. The number of carbonyl (C=O) groups is 2. The van der Waals surface area contributed by atoms with Crippen LogP contribution in [0.2, 0.25) is 0 Å². The van der Waals surface area contributed by atoms with Crippen LogP contribution in [0, 0.1) is 0 Å². The van der Waals surface area contributed by atoms with Gasteiger partial charge in [0.25, 0.3) is 0 Å². The van der Waals surface area contributed by atoms with E-state index in [1.807, 2.05) is 60.8 Å². The van der Waals surface area contributed by atoms with Gasteiger partial charge in [0.15, 0.2) is 6.10 Å². The van der Waals surface area contributed by atoms with Crippen molar-refractivity contribution in [2.75, 3.05) is 26.4 Å². The second-order valence-corrected chi connectivity index (χ2v) is 15.1. The number of hydrogen-bond donors (Lipinski definition) is 3. The SMILES string of the molecule is CC/C=C\C/C=C\CC(O)/C=C/C=C\C/C=C\C/C=C\CCC(=O)OC[C@H](COP(=O)(O)OCCN)OC(=O)CC/C=C\C/C=C\C/C=C\C/C=C\C/C=C\CCCCC. The Hall–Kier alpha value is -3.89. The minimum atomic E-state index is -4.44. The molecule has 60 heavy (non-hydrogen) atoms. The molecule has 0 aromatic carbocycles. The molecule has 0 heterocycles. The van der Waals surface area contributed by atoms with Crippen LogP contribution in [0.4, 0.5) is 0 Å². The van der Waals surface area contributed by atoms with Gasteiger partial charge in [0.05, 0.1) is 19.3 Å². The summed E-state index contributed by atoms with van der Waals surface area (Å²) in [6.07, 6.45) is 56.8. The van der Waals surface area contributed by atoms with Crippen molar-refractivity contribution in [2.45, 2.75) is 135 Å². The molecule has 0 rings (SSSR count). The van der Waals surface area contributed by atoms with Crippen molar-refractivity contribution in [3.63, 3.8) is 0 Å². The lowest BCUT2D eigenvalue weighted by atomic mass is 10.2. The van der Waals surface area contributed by atoms with Crippen molar-refractivity contribution < 1.29 is 42.7 Å². The molecule has 0 aliphatic carbocycles. The number of esters is 2. The zero-order valence-corrected chi connectivity index (χ0v) is 37.4. The Morgan fingerprint density at radius 1 is 0.600 bits per heavy atom. The fourth-order valence-corrected chi connectivity index (χ4v) is 5.67. The molecule has 4 N–H and O–H groups in total. The number of ether oxygens (including phenoxy) is 2. The van der Waals surface area contributed by atoms with Crippen molar-refractivity contribution in [1.29, 1.82) is 0 Å². The third kappa shape index (κ3) is 42.2. The van der Waals surface area contributed by atoms with Crippen molar-refractivity contribution in [3.8, 4) is 0 Å². The van der Waals surface area contributed by atoms with E-state index in [0.29, 0.717) is 25.7 Å². The molecular weight excluding hydrogens is 778 g/mol. The Labute approximate surface area is 362 Å². The molecular formula is C49H76NO9P. The molecule has 0 bridgehead atoms. The van der Waals surface area contributed by atoms with Gasteiger partial charge in [-0.2, -0.15) is 0 Å². The zero-order valence-electron chi connectivity index (χ0n) is 36.5. The van der Waals surface area contributed by atoms with Gasteiger partial charge in [-0.25, -0.2) is 4.57 Å². The number of aliphatic hydroxyl groups is 1. The molecule has 0 saturated heterocycles. The number of nitrogens with two attached hydrogens (primary N) is 1. The average molecular weight is 854 g/mol. The summed E-state index contributed by atoms with van der Waals surface area (Å²) in [6.45, 7) is 3.30. The van der Waals surface area contributed by atoms with Gasteiger partial charge < -0.3 is 25.2 Å². The van der Waals surface area contributed by atoms with E-state index in [2.05, 4.69) is 80.7 Å². The first-order chi connectivity index (χ1) is 29.2. The fraction of sp³-hybridized carbons (Fsp3) is 0.510. The molecule has 0 aliphatic rings. The standard InChI is InChI=1S/C49H76NO9P/c1-3-5-7-9-11-12-13-14-15-16-17-18-19-20-21-26-29-33-37-41-49(53)59-47(45-58-60(54,55)57-43-42-50)44-56-48(52)40-36-32-28-25-23-22-24-27-31-35-39-46(51)38-34-30-10-8-6-4-2/h6,8,11-12,14-15,17-18,20-23,27-35,39,46-47,51H,3-5,7,9-10,13,16,19,24-26,36-38,40-45,50H2,1-2H3,(H,54,55)/b8-6-,12-11-,15-14-,18-17-,21-20-,23-22-,31-27-,32-28-,33-29-,34-30-,39-35+/t46?,47-/m1/s1. The van der Waals surface area contributed by atoms with Crippen LogP contribution in [0.1, 0.15) is 123 Å². The minimum Gasteiger partial charge on any atom is -0.462 e. The van der Waals surface area contributed by atoms with E-state index in [1.54, 1.807) is 6.08 Å². The highest BCUT2D eigenvalue weighted by atomic mass is 31.2. The van der Waals surface area contributed by atoms with E-state index in [-0.39, 0.29) is 32.6 Å². The van der Waals surface area contributed by atoms with Crippen molar-refractivity contribution >= 4 is 19.8 Å². The van der Waals surface area contributed by atoms with Gasteiger partial charge in [0.2, 0.25) is 0 Å². The van der Waals surface area contributed by atoms with E-state index < -0.39 is 38.6 Å². The number of rotatable bonds is 38. The van der Waals surface area contributed by atoms with Gasteiger partial charge in [-0.3, -0.25) is 18.6 Å². The first-order valence-electron chi connectivity index (χ1n) is 21.8. The van der Waals surface area contributed by atoms with Crippen LogP contribution in [0.15, 0.2) is 134 Å². The predicted octanol–water partition coefficient (Wildman–Crippen LogP) is 11.7. The number of phosphoric ester groups is 1. The molecule has 11 heteroatoms. The van der Waals surface area contributed by atoms with E-state index in [4.69, 9.17) is 24.3 Å². The smallest absolute Gasteiger partial charge is 0.462 e. The minimum absolute atomic E-state index is 0.0168.